The minimum absolute atomic E-state index is 0. The minimum atomic E-state index is 0. The Bertz CT molecular complexity index is 704. The van der Waals surface area contributed by atoms with Gasteiger partial charge >= 0.3 is 0 Å². The van der Waals surface area contributed by atoms with Gasteiger partial charge < -0.3 is 18.9 Å². The molecule has 2 aliphatic rings. The van der Waals surface area contributed by atoms with Gasteiger partial charge in [-0.05, 0) is 85.3 Å². The molecule has 2 saturated heterocycles. The third kappa shape index (κ3) is 4.63. The van der Waals surface area contributed by atoms with Gasteiger partial charge in [0.25, 0.3) is 0 Å². The number of rotatable bonds is 7. The molecule has 2 unspecified atom stereocenters. The summed E-state index contributed by atoms with van der Waals surface area (Å²) in [4.78, 5) is 0. The van der Waals surface area contributed by atoms with Crippen LogP contribution in [0, 0.1) is 27.7 Å². The lowest BCUT2D eigenvalue weighted by Crippen LogP contribution is -2.07. The highest BCUT2D eigenvalue weighted by Crippen LogP contribution is 2.34. The maximum absolute atomic E-state index is 5.95. The topological polar surface area (TPSA) is 43.5 Å². The van der Waals surface area contributed by atoms with Crippen LogP contribution in [-0.2, 0) is 9.47 Å². The first-order valence-electron chi connectivity index (χ1n) is 9.23. The van der Waals surface area contributed by atoms with Gasteiger partial charge in [-0.25, -0.2) is 0 Å². The second-order valence-electron chi connectivity index (χ2n) is 7.41. The summed E-state index contributed by atoms with van der Waals surface area (Å²) in [5, 5.41) is 0. The second kappa shape index (κ2) is 7.91. The molecule has 0 spiro atoms. The van der Waals surface area contributed by atoms with E-state index in [0.29, 0.717) is 13.2 Å². The van der Waals surface area contributed by atoms with Crippen molar-refractivity contribution in [1.29, 1.82) is 0 Å². The quantitative estimate of drug-likeness (QED) is 0.658. The van der Waals surface area contributed by atoms with Crippen LogP contribution >= 0.6 is 0 Å². The molecular formula is C23H30O4. The predicted octanol–water partition coefficient (Wildman–Crippen LogP) is 4.78. The van der Waals surface area contributed by atoms with Gasteiger partial charge in [0.2, 0.25) is 0 Å². The maximum atomic E-state index is 5.95. The molecular weight excluding hydrogens is 340 g/mol. The maximum Gasteiger partial charge on any atom is 0.125 e. The van der Waals surface area contributed by atoms with Crippen molar-refractivity contribution in [3.63, 3.8) is 0 Å². The highest BCUT2D eigenvalue weighted by Gasteiger charge is 2.25. The minimum Gasteiger partial charge on any atom is -0.490 e. The molecule has 2 aliphatic heterocycles. The van der Waals surface area contributed by atoms with Crippen molar-refractivity contribution >= 4 is 0 Å². The molecule has 0 radical (unpaired) electrons. The lowest BCUT2D eigenvalue weighted by atomic mass is 9.96. The van der Waals surface area contributed by atoms with Crippen molar-refractivity contribution in [3.05, 3.63) is 46.5 Å². The van der Waals surface area contributed by atoms with Crippen LogP contribution in [0.2, 0.25) is 0 Å². The van der Waals surface area contributed by atoms with Crippen LogP contribution in [0.4, 0.5) is 0 Å². The Balaban J connectivity index is 0.00000210. The first-order chi connectivity index (χ1) is 12.5. The molecule has 27 heavy (non-hydrogen) atoms. The van der Waals surface area contributed by atoms with Gasteiger partial charge in [-0.3, -0.25) is 0 Å². The molecule has 146 valence electrons. The zero-order valence-corrected chi connectivity index (χ0v) is 15.9. The Morgan fingerprint density at radius 2 is 1.00 bits per heavy atom. The van der Waals surface area contributed by atoms with E-state index in [2.05, 4.69) is 52.0 Å². The van der Waals surface area contributed by atoms with Crippen LogP contribution in [0.15, 0.2) is 24.3 Å². The molecule has 2 aromatic carbocycles. The van der Waals surface area contributed by atoms with E-state index in [1.807, 2.05) is 0 Å². The lowest BCUT2D eigenvalue weighted by Gasteiger charge is -2.16. The molecule has 4 heteroatoms. The number of epoxide rings is 2. The van der Waals surface area contributed by atoms with Crippen molar-refractivity contribution in [2.75, 3.05) is 26.4 Å². The SMILES string of the molecule is C.Cc1cc(-c2cc(C)c(OCC3CO3)c(C)c2)cc(C)c1OCC1CO1. The van der Waals surface area contributed by atoms with Gasteiger partial charge in [-0.2, -0.15) is 0 Å². The molecule has 0 aliphatic carbocycles. The molecule has 2 atom stereocenters. The number of ether oxygens (including phenoxy) is 4. The second-order valence-corrected chi connectivity index (χ2v) is 7.41. The summed E-state index contributed by atoms with van der Waals surface area (Å²) in [6.45, 7) is 11.3. The Kier molecular flexibility index (Phi) is 5.78. The van der Waals surface area contributed by atoms with Crippen LogP contribution in [0.3, 0.4) is 0 Å². The molecule has 0 N–H and O–H groups in total. The van der Waals surface area contributed by atoms with Crippen LogP contribution in [0.5, 0.6) is 11.5 Å². The summed E-state index contributed by atoms with van der Waals surface area (Å²) in [7, 11) is 0. The summed E-state index contributed by atoms with van der Waals surface area (Å²) in [5.74, 6) is 1.95. The molecule has 4 nitrogen and oxygen atoms in total. The normalized spacial score (nSPS) is 20.0. The summed E-state index contributed by atoms with van der Waals surface area (Å²) in [5.41, 5.74) is 7.03. The molecule has 2 aromatic rings. The summed E-state index contributed by atoms with van der Waals surface area (Å²) < 4.78 is 22.4. The first-order valence-corrected chi connectivity index (χ1v) is 9.23. The van der Waals surface area contributed by atoms with E-state index in [-0.39, 0.29) is 19.6 Å². The first kappa shape index (κ1) is 19.7. The zero-order chi connectivity index (χ0) is 18.3. The number of aryl methyl sites for hydroxylation is 4. The van der Waals surface area contributed by atoms with Crippen molar-refractivity contribution in [2.45, 2.75) is 47.3 Å². The van der Waals surface area contributed by atoms with E-state index < -0.39 is 0 Å². The summed E-state index contributed by atoms with van der Waals surface area (Å²) >= 11 is 0. The van der Waals surface area contributed by atoms with Crippen molar-refractivity contribution in [2.24, 2.45) is 0 Å². The van der Waals surface area contributed by atoms with Crippen molar-refractivity contribution in [3.8, 4) is 22.6 Å². The number of benzene rings is 2. The van der Waals surface area contributed by atoms with E-state index in [0.717, 1.165) is 47.0 Å². The Hall–Kier alpha value is -2.04. The third-order valence-electron chi connectivity index (χ3n) is 4.89. The van der Waals surface area contributed by atoms with Crippen molar-refractivity contribution in [1.82, 2.24) is 0 Å². The Morgan fingerprint density at radius 3 is 1.26 bits per heavy atom. The fourth-order valence-corrected chi connectivity index (χ4v) is 3.37. The molecule has 0 amide bonds. The zero-order valence-electron chi connectivity index (χ0n) is 15.9. The highest BCUT2D eigenvalue weighted by molar-refractivity contribution is 5.70. The monoisotopic (exact) mass is 370 g/mol. The van der Waals surface area contributed by atoms with E-state index in [9.17, 15) is 0 Å². The highest BCUT2D eigenvalue weighted by atomic mass is 16.6. The lowest BCUT2D eigenvalue weighted by molar-refractivity contribution is 0.260. The van der Waals surface area contributed by atoms with Crippen LogP contribution in [-0.4, -0.2) is 38.6 Å². The smallest absolute Gasteiger partial charge is 0.125 e. The van der Waals surface area contributed by atoms with E-state index in [1.165, 1.54) is 11.1 Å². The average molecular weight is 370 g/mol. The number of hydrogen-bond acceptors (Lipinski definition) is 4. The fourth-order valence-electron chi connectivity index (χ4n) is 3.37. The summed E-state index contributed by atoms with van der Waals surface area (Å²) in [6, 6.07) is 8.79. The van der Waals surface area contributed by atoms with Crippen LogP contribution in [0.1, 0.15) is 29.7 Å². The van der Waals surface area contributed by atoms with Gasteiger partial charge in [0.15, 0.2) is 0 Å². The molecule has 0 aromatic heterocycles. The molecule has 4 rings (SSSR count). The predicted molar refractivity (Wildman–Crippen MR) is 108 cm³/mol. The van der Waals surface area contributed by atoms with Crippen LogP contribution in [0.25, 0.3) is 11.1 Å². The third-order valence-corrected chi connectivity index (χ3v) is 4.89. The summed E-state index contributed by atoms with van der Waals surface area (Å²) in [6.07, 6.45) is 0.541. The Labute approximate surface area is 162 Å². The largest absolute Gasteiger partial charge is 0.490 e. The molecule has 0 bridgehead atoms. The van der Waals surface area contributed by atoms with E-state index in [1.54, 1.807) is 0 Å². The van der Waals surface area contributed by atoms with Crippen LogP contribution < -0.4 is 9.47 Å². The van der Waals surface area contributed by atoms with E-state index >= 15 is 0 Å². The standard InChI is InChI=1S/C22H26O4.CH4/c1-13-5-17(6-14(2)21(13)25-11-19-9-23-19)18-7-15(3)22(16(4)8-18)26-12-20-10-24-20;/h5-8,19-20H,9-12H2,1-4H3;1H4. The molecule has 2 fully saturated rings. The molecule has 2 heterocycles. The average Bonchev–Trinajstić information content (AvgIpc) is 3.47. The van der Waals surface area contributed by atoms with Crippen molar-refractivity contribution < 1.29 is 18.9 Å². The van der Waals surface area contributed by atoms with Gasteiger partial charge in [0.1, 0.15) is 36.9 Å². The fraction of sp³-hybridized carbons (Fsp3) is 0.478. The molecule has 0 saturated carbocycles. The van der Waals surface area contributed by atoms with Gasteiger partial charge in [-0.15, -0.1) is 0 Å². The van der Waals surface area contributed by atoms with Gasteiger partial charge in [-0.1, -0.05) is 7.43 Å². The number of hydrogen-bond donors (Lipinski definition) is 0. The van der Waals surface area contributed by atoms with Gasteiger partial charge in [0.05, 0.1) is 13.2 Å². The Morgan fingerprint density at radius 1 is 0.704 bits per heavy atom. The van der Waals surface area contributed by atoms with Gasteiger partial charge in [0, 0.05) is 0 Å². The van der Waals surface area contributed by atoms with E-state index in [4.69, 9.17) is 18.9 Å².